The highest BCUT2D eigenvalue weighted by atomic mass is 35.5. The lowest BCUT2D eigenvalue weighted by Gasteiger charge is -2.13. The highest BCUT2D eigenvalue weighted by molar-refractivity contribution is 6.30. The van der Waals surface area contributed by atoms with Crippen LogP contribution in [0.15, 0.2) is 30.6 Å². The fourth-order valence-corrected chi connectivity index (χ4v) is 2.46. The average Bonchev–Trinajstić information content (AvgIpc) is 2.83. The van der Waals surface area contributed by atoms with Gasteiger partial charge in [0, 0.05) is 31.4 Å². The first kappa shape index (κ1) is 15.0. The van der Waals surface area contributed by atoms with Crippen LogP contribution in [0.2, 0.25) is 5.02 Å². The highest BCUT2D eigenvalue weighted by Gasteiger charge is 2.13. The van der Waals surface area contributed by atoms with Crippen molar-refractivity contribution in [3.05, 3.63) is 52.8 Å². The van der Waals surface area contributed by atoms with Crippen molar-refractivity contribution in [1.29, 1.82) is 0 Å². The van der Waals surface area contributed by atoms with Crippen molar-refractivity contribution in [3.63, 3.8) is 0 Å². The number of rotatable bonds is 6. The minimum absolute atomic E-state index is 0.141. The molecule has 1 aromatic heterocycles. The van der Waals surface area contributed by atoms with Crippen LogP contribution in [0.25, 0.3) is 0 Å². The van der Waals surface area contributed by atoms with Gasteiger partial charge >= 0.3 is 0 Å². The SMILES string of the molecule is CCCn1ccnc1CC(N)Cc1cccc(Cl)c1F. The monoisotopic (exact) mass is 295 g/mol. The van der Waals surface area contributed by atoms with Crippen LogP contribution in [0.1, 0.15) is 24.7 Å². The van der Waals surface area contributed by atoms with Crippen molar-refractivity contribution >= 4 is 11.6 Å². The summed E-state index contributed by atoms with van der Waals surface area (Å²) in [5, 5.41) is 0.141. The van der Waals surface area contributed by atoms with E-state index in [0.29, 0.717) is 18.4 Å². The molecule has 1 unspecified atom stereocenters. The van der Waals surface area contributed by atoms with Gasteiger partial charge in [-0.25, -0.2) is 9.37 Å². The summed E-state index contributed by atoms with van der Waals surface area (Å²) in [6.45, 7) is 3.04. The van der Waals surface area contributed by atoms with Crippen LogP contribution in [0.4, 0.5) is 4.39 Å². The van der Waals surface area contributed by atoms with Gasteiger partial charge < -0.3 is 10.3 Å². The molecule has 0 aliphatic carbocycles. The zero-order chi connectivity index (χ0) is 14.5. The number of imidazole rings is 1. The molecule has 2 aromatic rings. The van der Waals surface area contributed by atoms with Crippen molar-refractivity contribution in [2.75, 3.05) is 0 Å². The van der Waals surface area contributed by atoms with Crippen LogP contribution < -0.4 is 5.73 Å². The third-order valence-corrected chi connectivity index (χ3v) is 3.52. The fourth-order valence-electron chi connectivity index (χ4n) is 2.27. The van der Waals surface area contributed by atoms with Crippen molar-refractivity contribution in [1.82, 2.24) is 9.55 Å². The van der Waals surface area contributed by atoms with Gasteiger partial charge in [-0.05, 0) is 24.5 Å². The molecule has 0 saturated carbocycles. The lowest BCUT2D eigenvalue weighted by atomic mass is 10.0. The molecule has 0 aliphatic rings. The molecule has 108 valence electrons. The Bertz CT molecular complexity index is 568. The molecule has 0 radical (unpaired) electrons. The van der Waals surface area contributed by atoms with E-state index in [-0.39, 0.29) is 16.9 Å². The molecular formula is C15H19ClFN3. The predicted octanol–water partition coefficient (Wildman–Crippen LogP) is 3.20. The minimum Gasteiger partial charge on any atom is -0.335 e. The normalized spacial score (nSPS) is 12.6. The Labute approximate surface area is 123 Å². The van der Waals surface area contributed by atoms with E-state index in [9.17, 15) is 4.39 Å². The summed E-state index contributed by atoms with van der Waals surface area (Å²) in [6, 6.07) is 4.83. The molecule has 20 heavy (non-hydrogen) atoms. The number of aryl methyl sites for hydroxylation is 1. The summed E-state index contributed by atoms with van der Waals surface area (Å²) < 4.78 is 15.9. The van der Waals surface area contributed by atoms with Crippen molar-refractivity contribution in [2.24, 2.45) is 5.73 Å². The number of hydrogen-bond donors (Lipinski definition) is 1. The Morgan fingerprint density at radius 2 is 2.20 bits per heavy atom. The Morgan fingerprint density at radius 3 is 2.95 bits per heavy atom. The third kappa shape index (κ3) is 3.58. The van der Waals surface area contributed by atoms with Gasteiger partial charge in [-0.2, -0.15) is 0 Å². The second-order valence-electron chi connectivity index (χ2n) is 4.92. The van der Waals surface area contributed by atoms with E-state index in [2.05, 4.69) is 16.5 Å². The van der Waals surface area contributed by atoms with Gasteiger partial charge in [-0.3, -0.25) is 0 Å². The summed E-state index contributed by atoms with van der Waals surface area (Å²) in [4.78, 5) is 4.32. The Kier molecular flexibility index (Phi) is 5.15. The third-order valence-electron chi connectivity index (χ3n) is 3.22. The second-order valence-corrected chi connectivity index (χ2v) is 5.33. The molecule has 0 fully saturated rings. The summed E-state index contributed by atoms with van der Waals surface area (Å²) in [7, 11) is 0. The van der Waals surface area contributed by atoms with Crippen LogP contribution in [-0.2, 0) is 19.4 Å². The molecule has 1 heterocycles. The lowest BCUT2D eigenvalue weighted by molar-refractivity contribution is 0.559. The van der Waals surface area contributed by atoms with Crippen LogP contribution in [0.3, 0.4) is 0 Å². The number of nitrogens with two attached hydrogens (primary N) is 1. The van der Waals surface area contributed by atoms with Gasteiger partial charge in [-0.15, -0.1) is 0 Å². The van der Waals surface area contributed by atoms with E-state index < -0.39 is 0 Å². The molecule has 2 N–H and O–H groups in total. The first-order valence-electron chi connectivity index (χ1n) is 6.80. The lowest BCUT2D eigenvalue weighted by Crippen LogP contribution is -2.27. The predicted molar refractivity (Wildman–Crippen MR) is 79.3 cm³/mol. The summed E-state index contributed by atoms with van der Waals surface area (Å²) in [6.07, 6.45) is 5.84. The molecule has 1 aromatic carbocycles. The number of nitrogens with zero attached hydrogens (tertiary/aromatic N) is 2. The smallest absolute Gasteiger partial charge is 0.145 e. The summed E-state index contributed by atoms with van der Waals surface area (Å²) in [5.41, 5.74) is 6.67. The molecule has 2 rings (SSSR count). The molecular weight excluding hydrogens is 277 g/mol. The van der Waals surface area contributed by atoms with Gasteiger partial charge in [-0.1, -0.05) is 30.7 Å². The first-order valence-corrected chi connectivity index (χ1v) is 7.18. The molecule has 0 bridgehead atoms. The topological polar surface area (TPSA) is 43.8 Å². The maximum absolute atomic E-state index is 13.8. The fraction of sp³-hybridized carbons (Fsp3) is 0.400. The van der Waals surface area contributed by atoms with Gasteiger partial charge in [0.2, 0.25) is 0 Å². The maximum Gasteiger partial charge on any atom is 0.145 e. The van der Waals surface area contributed by atoms with Gasteiger partial charge in [0.15, 0.2) is 0 Å². The standard InChI is InChI=1S/C15H19ClFN3/c1-2-7-20-8-6-19-14(20)10-12(18)9-11-4-3-5-13(16)15(11)17/h3-6,8,12H,2,7,9-10,18H2,1H3. The first-order chi connectivity index (χ1) is 9.61. The zero-order valence-electron chi connectivity index (χ0n) is 11.5. The van der Waals surface area contributed by atoms with E-state index in [4.69, 9.17) is 17.3 Å². The van der Waals surface area contributed by atoms with E-state index in [1.807, 2.05) is 6.20 Å². The van der Waals surface area contributed by atoms with Gasteiger partial charge in [0.1, 0.15) is 11.6 Å². The van der Waals surface area contributed by atoms with E-state index >= 15 is 0 Å². The second kappa shape index (κ2) is 6.86. The largest absolute Gasteiger partial charge is 0.335 e. The molecule has 1 atom stereocenters. The summed E-state index contributed by atoms with van der Waals surface area (Å²) >= 11 is 5.77. The Balaban J connectivity index is 2.03. The van der Waals surface area contributed by atoms with Crippen molar-refractivity contribution in [2.45, 2.75) is 38.8 Å². The molecule has 5 heteroatoms. The molecule has 0 amide bonds. The minimum atomic E-state index is -0.374. The molecule has 0 spiro atoms. The van der Waals surface area contributed by atoms with Gasteiger partial charge in [0.05, 0.1) is 5.02 Å². The van der Waals surface area contributed by atoms with Gasteiger partial charge in [0.25, 0.3) is 0 Å². The van der Waals surface area contributed by atoms with Crippen molar-refractivity contribution in [3.8, 4) is 0 Å². The quantitative estimate of drug-likeness (QED) is 0.889. The zero-order valence-corrected chi connectivity index (χ0v) is 12.3. The van der Waals surface area contributed by atoms with E-state index in [0.717, 1.165) is 18.8 Å². The summed E-state index contributed by atoms with van der Waals surface area (Å²) in [5.74, 6) is 0.573. The molecule has 0 saturated heterocycles. The number of halogens is 2. The maximum atomic E-state index is 13.8. The Morgan fingerprint density at radius 1 is 1.40 bits per heavy atom. The van der Waals surface area contributed by atoms with Crippen LogP contribution in [-0.4, -0.2) is 15.6 Å². The number of hydrogen-bond acceptors (Lipinski definition) is 2. The number of aromatic nitrogens is 2. The van der Waals surface area contributed by atoms with E-state index in [1.54, 1.807) is 24.4 Å². The van der Waals surface area contributed by atoms with E-state index in [1.165, 1.54) is 0 Å². The highest BCUT2D eigenvalue weighted by Crippen LogP contribution is 2.19. The average molecular weight is 296 g/mol. The number of benzene rings is 1. The van der Waals surface area contributed by atoms with Crippen LogP contribution >= 0.6 is 11.6 Å². The van der Waals surface area contributed by atoms with Crippen LogP contribution in [0.5, 0.6) is 0 Å². The van der Waals surface area contributed by atoms with Crippen molar-refractivity contribution < 1.29 is 4.39 Å². The Hall–Kier alpha value is -1.39. The van der Waals surface area contributed by atoms with Crippen LogP contribution in [0, 0.1) is 5.82 Å². The molecule has 0 aliphatic heterocycles. The molecule has 3 nitrogen and oxygen atoms in total.